The van der Waals surface area contributed by atoms with Crippen LogP contribution in [0.5, 0.6) is 0 Å². The molecule has 0 radical (unpaired) electrons. The maximum Gasteiger partial charge on any atom is 0.326 e. The van der Waals surface area contributed by atoms with E-state index in [0.717, 1.165) is 12.3 Å². The standard InChI is InChI=1S/C11H23N3O/c1-7(2)9-5-4-8(3)6-10(9)13-14-11(12)15/h7-10,13H,4-6H2,1-3H3,(H3,12,14,15)/t8-,9+,10-/m1/s1. The molecule has 15 heavy (non-hydrogen) atoms. The van der Waals surface area contributed by atoms with E-state index in [-0.39, 0.29) is 0 Å². The molecular weight excluding hydrogens is 190 g/mol. The Morgan fingerprint density at radius 3 is 2.60 bits per heavy atom. The van der Waals surface area contributed by atoms with Gasteiger partial charge in [0.2, 0.25) is 0 Å². The van der Waals surface area contributed by atoms with Crippen LogP contribution in [0.25, 0.3) is 0 Å². The second-order valence-electron chi connectivity index (χ2n) is 5.07. The molecule has 0 spiro atoms. The van der Waals surface area contributed by atoms with Gasteiger partial charge in [0.1, 0.15) is 0 Å². The Hall–Kier alpha value is -0.770. The highest BCUT2D eigenvalue weighted by Gasteiger charge is 2.30. The van der Waals surface area contributed by atoms with Crippen LogP contribution >= 0.6 is 0 Å². The summed E-state index contributed by atoms with van der Waals surface area (Å²) < 4.78 is 0. The predicted molar refractivity (Wildman–Crippen MR) is 61.0 cm³/mol. The summed E-state index contributed by atoms with van der Waals surface area (Å²) in [7, 11) is 0. The molecule has 88 valence electrons. The van der Waals surface area contributed by atoms with Crippen molar-refractivity contribution in [2.24, 2.45) is 23.5 Å². The van der Waals surface area contributed by atoms with Crippen LogP contribution in [-0.2, 0) is 0 Å². The third-order valence-corrected chi connectivity index (χ3v) is 3.40. The predicted octanol–water partition coefficient (Wildman–Crippen LogP) is 1.62. The van der Waals surface area contributed by atoms with Gasteiger partial charge in [0.05, 0.1) is 0 Å². The van der Waals surface area contributed by atoms with Crippen LogP contribution in [0.15, 0.2) is 0 Å². The van der Waals surface area contributed by atoms with E-state index >= 15 is 0 Å². The minimum absolute atomic E-state index is 0.362. The summed E-state index contributed by atoms with van der Waals surface area (Å²) in [6.07, 6.45) is 3.64. The number of nitrogens with two attached hydrogens (primary N) is 1. The van der Waals surface area contributed by atoms with Gasteiger partial charge in [0.25, 0.3) is 0 Å². The SMILES string of the molecule is CC(C)[C@@H]1CC[C@@H](C)C[C@H]1NNC(N)=O. The van der Waals surface area contributed by atoms with Crippen molar-refractivity contribution in [2.45, 2.75) is 46.1 Å². The maximum atomic E-state index is 10.6. The Kier molecular flexibility index (Phi) is 4.39. The van der Waals surface area contributed by atoms with Gasteiger partial charge in [-0.05, 0) is 30.6 Å². The molecule has 2 amide bonds. The van der Waals surface area contributed by atoms with Crippen LogP contribution < -0.4 is 16.6 Å². The first-order valence-corrected chi connectivity index (χ1v) is 5.81. The van der Waals surface area contributed by atoms with Crippen LogP contribution in [-0.4, -0.2) is 12.1 Å². The lowest BCUT2D eigenvalue weighted by molar-refractivity contribution is 0.158. The summed E-state index contributed by atoms with van der Waals surface area (Å²) in [5, 5.41) is 0. The molecule has 4 nitrogen and oxygen atoms in total. The van der Waals surface area contributed by atoms with Crippen molar-refractivity contribution in [1.29, 1.82) is 0 Å². The quantitative estimate of drug-likeness (QED) is 0.624. The first-order chi connectivity index (χ1) is 7.00. The number of rotatable bonds is 3. The highest BCUT2D eigenvalue weighted by molar-refractivity contribution is 5.70. The molecule has 0 saturated heterocycles. The molecule has 4 heteroatoms. The molecule has 0 aromatic carbocycles. The Morgan fingerprint density at radius 2 is 2.07 bits per heavy atom. The summed E-state index contributed by atoms with van der Waals surface area (Å²) in [4.78, 5) is 10.6. The van der Waals surface area contributed by atoms with Crippen molar-refractivity contribution in [1.82, 2.24) is 10.9 Å². The molecule has 0 bridgehead atoms. The number of hydrazine groups is 1. The number of hydrogen-bond donors (Lipinski definition) is 3. The van der Waals surface area contributed by atoms with Crippen LogP contribution in [0, 0.1) is 17.8 Å². The Labute approximate surface area is 92.0 Å². The lowest BCUT2D eigenvalue weighted by Gasteiger charge is -2.37. The maximum absolute atomic E-state index is 10.6. The number of carbonyl (C=O) groups is 1. The zero-order valence-electron chi connectivity index (χ0n) is 9.92. The minimum atomic E-state index is -0.504. The van der Waals surface area contributed by atoms with E-state index < -0.39 is 6.03 Å². The summed E-state index contributed by atoms with van der Waals surface area (Å²) in [6, 6.07) is -0.142. The van der Waals surface area contributed by atoms with Crippen molar-refractivity contribution in [2.75, 3.05) is 0 Å². The van der Waals surface area contributed by atoms with E-state index in [2.05, 4.69) is 31.6 Å². The van der Waals surface area contributed by atoms with Gasteiger partial charge in [-0.1, -0.05) is 27.2 Å². The minimum Gasteiger partial charge on any atom is -0.351 e. The normalized spacial score (nSPS) is 31.6. The van der Waals surface area contributed by atoms with Crippen molar-refractivity contribution < 1.29 is 4.79 Å². The Balaban J connectivity index is 2.50. The summed E-state index contributed by atoms with van der Waals surface area (Å²) in [6.45, 7) is 6.73. The summed E-state index contributed by atoms with van der Waals surface area (Å²) in [5.41, 5.74) is 10.6. The smallest absolute Gasteiger partial charge is 0.326 e. The topological polar surface area (TPSA) is 67.2 Å². The number of amides is 2. The van der Waals surface area contributed by atoms with Gasteiger partial charge >= 0.3 is 6.03 Å². The van der Waals surface area contributed by atoms with Crippen LogP contribution in [0.2, 0.25) is 0 Å². The monoisotopic (exact) mass is 213 g/mol. The molecule has 3 atom stereocenters. The molecule has 1 aliphatic carbocycles. The third kappa shape index (κ3) is 3.70. The van der Waals surface area contributed by atoms with Gasteiger partial charge in [-0.25, -0.2) is 10.2 Å². The lowest BCUT2D eigenvalue weighted by Crippen LogP contribution is -2.52. The van der Waals surface area contributed by atoms with Gasteiger partial charge in [0.15, 0.2) is 0 Å². The molecule has 1 rings (SSSR count). The van der Waals surface area contributed by atoms with Crippen molar-refractivity contribution in [3.63, 3.8) is 0 Å². The first-order valence-electron chi connectivity index (χ1n) is 5.81. The van der Waals surface area contributed by atoms with Crippen molar-refractivity contribution in [3.8, 4) is 0 Å². The zero-order valence-corrected chi connectivity index (χ0v) is 9.92. The van der Waals surface area contributed by atoms with Crippen molar-refractivity contribution in [3.05, 3.63) is 0 Å². The van der Waals surface area contributed by atoms with E-state index in [9.17, 15) is 4.79 Å². The van der Waals surface area contributed by atoms with Crippen LogP contribution in [0.4, 0.5) is 4.79 Å². The summed E-state index contributed by atoms with van der Waals surface area (Å²) in [5.74, 6) is 2.00. The van der Waals surface area contributed by atoms with Gasteiger partial charge < -0.3 is 5.73 Å². The fourth-order valence-electron chi connectivity index (χ4n) is 2.53. The van der Waals surface area contributed by atoms with E-state index in [1.807, 2.05) is 0 Å². The van der Waals surface area contributed by atoms with Gasteiger partial charge in [-0.3, -0.25) is 5.43 Å². The average molecular weight is 213 g/mol. The number of primary amides is 1. The lowest BCUT2D eigenvalue weighted by atomic mass is 9.74. The van der Waals surface area contributed by atoms with Crippen LogP contribution in [0.3, 0.4) is 0 Å². The molecule has 4 N–H and O–H groups in total. The van der Waals surface area contributed by atoms with Gasteiger partial charge in [-0.2, -0.15) is 0 Å². The summed E-state index contributed by atoms with van der Waals surface area (Å²) >= 11 is 0. The molecular formula is C11H23N3O. The van der Waals surface area contributed by atoms with Crippen LogP contribution in [0.1, 0.15) is 40.0 Å². The van der Waals surface area contributed by atoms with Gasteiger partial charge in [0, 0.05) is 6.04 Å². The molecule has 0 unspecified atom stereocenters. The molecule has 0 aliphatic heterocycles. The molecule has 0 heterocycles. The molecule has 0 aromatic heterocycles. The van der Waals surface area contributed by atoms with E-state index in [1.54, 1.807) is 0 Å². The van der Waals surface area contributed by atoms with E-state index in [4.69, 9.17) is 5.73 Å². The first kappa shape index (κ1) is 12.3. The number of hydrogen-bond acceptors (Lipinski definition) is 2. The highest BCUT2D eigenvalue weighted by atomic mass is 16.2. The molecule has 1 aliphatic rings. The Bertz CT molecular complexity index is 218. The number of carbonyl (C=O) groups excluding carboxylic acids is 1. The van der Waals surface area contributed by atoms with E-state index in [1.165, 1.54) is 12.8 Å². The Morgan fingerprint density at radius 1 is 1.40 bits per heavy atom. The largest absolute Gasteiger partial charge is 0.351 e. The second kappa shape index (κ2) is 5.35. The van der Waals surface area contributed by atoms with E-state index in [0.29, 0.717) is 17.9 Å². The van der Waals surface area contributed by atoms with Crippen molar-refractivity contribution >= 4 is 6.03 Å². The zero-order chi connectivity index (χ0) is 11.4. The molecule has 1 fully saturated rings. The second-order valence-corrected chi connectivity index (χ2v) is 5.07. The third-order valence-electron chi connectivity index (χ3n) is 3.40. The molecule has 1 saturated carbocycles. The average Bonchev–Trinajstić information content (AvgIpc) is 2.14. The fourth-order valence-corrected chi connectivity index (χ4v) is 2.53. The highest BCUT2D eigenvalue weighted by Crippen LogP contribution is 2.33. The van der Waals surface area contributed by atoms with Gasteiger partial charge in [-0.15, -0.1) is 0 Å². The number of nitrogens with one attached hydrogen (secondary N) is 2. The molecule has 0 aromatic rings. The fraction of sp³-hybridized carbons (Fsp3) is 0.909. The number of urea groups is 1.